The van der Waals surface area contributed by atoms with Crippen molar-refractivity contribution >= 4 is 5.97 Å². The molecule has 0 aromatic carbocycles. The van der Waals surface area contributed by atoms with E-state index in [0.29, 0.717) is 6.54 Å². The van der Waals surface area contributed by atoms with Crippen molar-refractivity contribution < 1.29 is 9.53 Å². The zero-order valence-corrected chi connectivity index (χ0v) is 10.8. The number of carbonyl (C=O) groups is 1. The van der Waals surface area contributed by atoms with E-state index < -0.39 is 0 Å². The van der Waals surface area contributed by atoms with Gasteiger partial charge in [-0.15, -0.1) is 0 Å². The molecule has 0 N–H and O–H groups in total. The van der Waals surface area contributed by atoms with E-state index in [4.69, 9.17) is 0 Å². The molecule has 1 aromatic rings. The third kappa shape index (κ3) is 4.56. The van der Waals surface area contributed by atoms with Gasteiger partial charge in [-0.05, 0) is 19.9 Å². The number of carbonyl (C=O) groups excluding carboxylic acids is 1. The zero-order valence-electron chi connectivity index (χ0n) is 10.8. The number of imidazole rings is 1. The summed E-state index contributed by atoms with van der Waals surface area (Å²) >= 11 is 0. The van der Waals surface area contributed by atoms with Crippen molar-refractivity contribution in [2.24, 2.45) is 0 Å². The maximum atomic E-state index is 11.2. The highest BCUT2D eigenvalue weighted by molar-refractivity contribution is 5.71. The third-order valence-corrected chi connectivity index (χ3v) is 2.70. The van der Waals surface area contributed by atoms with Gasteiger partial charge < -0.3 is 9.30 Å². The van der Waals surface area contributed by atoms with Crippen LogP contribution in [0, 0.1) is 6.92 Å². The lowest BCUT2D eigenvalue weighted by Crippen LogP contribution is -2.34. The normalized spacial score (nSPS) is 10.8. The standard InChI is InChI=1S/C12H21N3O2/c1-4-6-14(10-12(16)17-3)8-9-15-7-5-13-11(15)2/h5,7H,4,6,8-10H2,1-3H3. The second-order valence-corrected chi connectivity index (χ2v) is 4.02. The van der Waals surface area contributed by atoms with Crippen molar-refractivity contribution in [3.63, 3.8) is 0 Å². The van der Waals surface area contributed by atoms with E-state index in [9.17, 15) is 4.79 Å². The number of methoxy groups -OCH3 is 1. The van der Waals surface area contributed by atoms with Gasteiger partial charge in [0, 0.05) is 25.5 Å². The summed E-state index contributed by atoms with van der Waals surface area (Å²) in [7, 11) is 1.42. The lowest BCUT2D eigenvalue weighted by Gasteiger charge is -2.20. The molecule has 0 aliphatic heterocycles. The minimum absolute atomic E-state index is 0.180. The van der Waals surface area contributed by atoms with Crippen LogP contribution in [0.15, 0.2) is 12.4 Å². The summed E-state index contributed by atoms with van der Waals surface area (Å²) in [5.74, 6) is 0.820. The number of esters is 1. The molecule has 1 aromatic heterocycles. The molecule has 0 saturated carbocycles. The van der Waals surface area contributed by atoms with Crippen LogP contribution in [0.4, 0.5) is 0 Å². The number of aromatic nitrogens is 2. The molecular formula is C12H21N3O2. The molecule has 0 atom stereocenters. The Kier molecular flexibility index (Phi) is 5.69. The van der Waals surface area contributed by atoms with Crippen LogP contribution in [0.2, 0.25) is 0 Å². The molecule has 1 heterocycles. The van der Waals surface area contributed by atoms with Crippen molar-refractivity contribution in [2.45, 2.75) is 26.8 Å². The average molecular weight is 239 g/mol. The van der Waals surface area contributed by atoms with Crippen LogP contribution >= 0.6 is 0 Å². The maximum absolute atomic E-state index is 11.2. The van der Waals surface area contributed by atoms with Gasteiger partial charge in [-0.1, -0.05) is 6.92 Å². The molecular weight excluding hydrogens is 218 g/mol. The van der Waals surface area contributed by atoms with Crippen molar-refractivity contribution in [2.75, 3.05) is 26.7 Å². The molecule has 0 radical (unpaired) electrons. The van der Waals surface area contributed by atoms with Gasteiger partial charge in [0.05, 0.1) is 13.7 Å². The van der Waals surface area contributed by atoms with E-state index in [0.717, 1.165) is 31.9 Å². The van der Waals surface area contributed by atoms with E-state index in [-0.39, 0.29) is 5.97 Å². The van der Waals surface area contributed by atoms with Crippen LogP contribution in [0.5, 0.6) is 0 Å². The molecule has 17 heavy (non-hydrogen) atoms. The summed E-state index contributed by atoms with van der Waals surface area (Å²) in [5, 5.41) is 0. The number of hydrogen-bond donors (Lipinski definition) is 0. The predicted molar refractivity (Wildman–Crippen MR) is 65.7 cm³/mol. The summed E-state index contributed by atoms with van der Waals surface area (Å²) in [5.41, 5.74) is 0. The van der Waals surface area contributed by atoms with Crippen LogP contribution < -0.4 is 0 Å². The van der Waals surface area contributed by atoms with Crippen LogP contribution in [0.1, 0.15) is 19.2 Å². The molecule has 5 nitrogen and oxygen atoms in total. The lowest BCUT2D eigenvalue weighted by atomic mass is 10.4. The van der Waals surface area contributed by atoms with Crippen molar-refractivity contribution in [3.8, 4) is 0 Å². The summed E-state index contributed by atoms with van der Waals surface area (Å²) in [6.07, 6.45) is 4.78. The average Bonchev–Trinajstić information content (AvgIpc) is 2.72. The number of aryl methyl sites for hydroxylation is 1. The molecule has 0 fully saturated rings. The van der Waals surface area contributed by atoms with Crippen molar-refractivity contribution in [1.82, 2.24) is 14.5 Å². The molecule has 0 bridgehead atoms. The SMILES string of the molecule is CCCN(CCn1ccnc1C)CC(=O)OC. The quantitative estimate of drug-likeness (QED) is 0.668. The van der Waals surface area contributed by atoms with Crippen LogP contribution in [0.25, 0.3) is 0 Å². The highest BCUT2D eigenvalue weighted by Gasteiger charge is 2.10. The van der Waals surface area contributed by atoms with Gasteiger partial charge in [0.1, 0.15) is 5.82 Å². The van der Waals surface area contributed by atoms with E-state index in [1.165, 1.54) is 7.11 Å². The van der Waals surface area contributed by atoms with Gasteiger partial charge in [0.15, 0.2) is 0 Å². The Hall–Kier alpha value is -1.36. The Morgan fingerprint density at radius 1 is 1.53 bits per heavy atom. The predicted octanol–water partition coefficient (Wildman–Crippen LogP) is 1.08. The van der Waals surface area contributed by atoms with Crippen LogP contribution in [-0.4, -0.2) is 47.2 Å². The van der Waals surface area contributed by atoms with Crippen molar-refractivity contribution in [3.05, 3.63) is 18.2 Å². The maximum Gasteiger partial charge on any atom is 0.319 e. The molecule has 0 aliphatic rings. The number of nitrogens with zero attached hydrogens (tertiary/aromatic N) is 3. The Morgan fingerprint density at radius 2 is 2.29 bits per heavy atom. The summed E-state index contributed by atoms with van der Waals surface area (Å²) in [4.78, 5) is 17.5. The van der Waals surface area contributed by atoms with E-state index in [1.54, 1.807) is 6.20 Å². The van der Waals surface area contributed by atoms with E-state index >= 15 is 0 Å². The monoisotopic (exact) mass is 239 g/mol. The lowest BCUT2D eigenvalue weighted by molar-refractivity contribution is -0.141. The first-order chi connectivity index (χ1) is 8.17. The third-order valence-electron chi connectivity index (χ3n) is 2.70. The molecule has 0 amide bonds. The Balaban J connectivity index is 2.44. The fourth-order valence-corrected chi connectivity index (χ4v) is 1.72. The molecule has 96 valence electrons. The Morgan fingerprint density at radius 3 is 2.82 bits per heavy atom. The van der Waals surface area contributed by atoms with Gasteiger partial charge >= 0.3 is 5.97 Å². The highest BCUT2D eigenvalue weighted by atomic mass is 16.5. The van der Waals surface area contributed by atoms with Gasteiger partial charge in [-0.2, -0.15) is 0 Å². The van der Waals surface area contributed by atoms with Gasteiger partial charge in [-0.25, -0.2) is 4.98 Å². The summed E-state index contributed by atoms with van der Waals surface area (Å²) < 4.78 is 6.77. The van der Waals surface area contributed by atoms with Gasteiger partial charge in [0.2, 0.25) is 0 Å². The molecule has 0 aliphatic carbocycles. The highest BCUT2D eigenvalue weighted by Crippen LogP contribution is 1.98. The fraction of sp³-hybridized carbons (Fsp3) is 0.667. The summed E-state index contributed by atoms with van der Waals surface area (Å²) in [6, 6.07) is 0. The smallest absolute Gasteiger partial charge is 0.319 e. The first-order valence-electron chi connectivity index (χ1n) is 5.94. The minimum Gasteiger partial charge on any atom is -0.468 e. The van der Waals surface area contributed by atoms with E-state index in [2.05, 4.69) is 26.1 Å². The fourth-order valence-electron chi connectivity index (χ4n) is 1.72. The first kappa shape index (κ1) is 13.7. The number of ether oxygens (including phenoxy) is 1. The van der Waals surface area contributed by atoms with Crippen molar-refractivity contribution in [1.29, 1.82) is 0 Å². The Bertz CT molecular complexity index is 349. The number of rotatable bonds is 7. The molecule has 0 saturated heterocycles. The summed E-state index contributed by atoms with van der Waals surface area (Å²) in [6.45, 7) is 7.03. The van der Waals surface area contributed by atoms with Crippen LogP contribution in [0.3, 0.4) is 0 Å². The zero-order chi connectivity index (χ0) is 12.7. The molecule has 0 unspecified atom stereocenters. The topological polar surface area (TPSA) is 47.4 Å². The largest absolute Gasteiger partial charge is 0.468 e. The molecule has 0 spiro atoms. The minimum atomic E-state index is -0.180. The van der Waals surface area contributed by atoms with Crippen LogP contribution in [-0.2, 0) is 16.1 Å². The first-order valence-corrected chi connectivity index (χ1v) is 5.94. The van der Waals surface area contributed by atoms with Gasteiger partial charge in [-0.3, -0.25) is 9.69 Å². The molecule has 1 rings (SSSR count). The second-order valence-electron chi connectivity index (χ2n) is 4.02. The van der Waals surface area contributed by atoms with Gasteiger partial charge in [0.25, 0.3) is 0 Å². The number of hydrogen-bond acceptors (Lipinski definition) is 4. The Labute approximate surface area is 102 Å². The molecule has 5 heteroatoms. The van der Waals surface area contributed by atoms with E-state index in [1.807, 2.05) is 13.1 Å². The second kappa shape index (κ2) is 7.06.